The van der Waals surface area contributed by atoms with Gasteiger partial charge in [0, 0.05) is 6.42 Å². The molecule has 0 spiro atoms. The lowest BCUT2D eigenvalue weighted by Crippen LogP contribution is -1.99. The molecule has 0 aliphatic carbocycles. The Morgan fingerprint density at radius 1 is 0.846 bits per heavy atom. The lowest BCUT2D eigenvalue weighted by atomic mass is 9.96. The van der Waals surface area contributed by atoms with Gasteiger partial charge < -0.3 is 14.2 Å². The van der Waals surface area contributed by atoms with Crippen molar-refractivity contribution in [1.29, 1.82) is 0 Å². The molecule has 26 heavy (non-hydrogen) atoms. The van der Waals surface area contributed by atoms with Crippen LogP contribution < -0.4 is 9.47 Å². The fourth-order valence-corrected chi connectivity index (χ4v) is 2.63. The number of carbonyl (C=O) groups is 1. The number of methoxy groups -OCH3 is 1. The lowest BCUT2D eigenvalue weighted by Gasteiger charge is -2.11. The second-order valence-electron chi connectivity index (χ2n) is 5.65. The van der Waals surface area contributed by atoms with Crippen LogP contribution in [0.5, 0.6) is 11.5 Å². The molecule has 4 nitrogen and oxygen atoms in total. The highest BCUT2D eigenvalue weighted by molar-refractivity contribution is 5.80. The summed E-state index contributed by atoms with van der Waals surface area (Å²) in [6.07, 6.45) is 3.04. The first-order chi connectivity index (χ1) is 12.7. The van der Waals surface area contributed by atoms with Crippen LogP contribution in [0.4, 0.5) is 0 Å². The van der Waals surface area contributed by atoms with Crippen molar-refractivity contribution in [3.63, 3.8) is 0 Å². The third-order valence-electron chi connectivity index (χ3n) is 3.88. The molecule has 2 rings (SSSR count). The number of hydrogen-bond acceptors (Lipinski definition) is 4. The van der Waals surface area contributed by atoms with Gasteiger partial charge in [-0.25, -0.2) is 0 Å². The predicted molar refractivity (Wildman–Crippen MR) is 104 cm³/mol. The van der Waals surface area contributed by atoms with Gasteiger partial charge in [-0.2, -0.15) is 0 Å². The summed E-state index contributed by atoms with van der Waals surface area (Å²) in [6, 6.07) is 16.0. The Morgan fingerprint density at radius 3 is 1.69 bits per heavy atom. The maximum atomic E-state index is 11.4. The van der Waals surface area contributed by atoms with Crippen molar-refractivity contribution in [2.45, 2.75) is 26.7 Å². The van der Waals surface area contributed by atoms with Crippen molar-refractivity contribution < 1.29 is 19.0 Å². The quantitative estimate of drug-likeness (QED) is 0.603. The highest BCUT2D eigenvalue weighted by Gasteiger charge is 2.07. The van der Waals surface area contributed by atoms with Crippen LogP contribution in [0, 0.1) is 0 Å². The van der Waals surface area contributed by atoms with E-state index in [1.54, 1.807) is 0 Å². The highest BCUT2D eigenvalue weighted by atomic mass is 16.5. The van der Waals surface area contributed by atoms with E-state index in [-0.39, 0.29) is 5.97 Å². The summed E-state index contributed by atoms with van der Waals surface area (Å²) in [6.45, 7) is 5.21. The average molecular weight is 354 g/mol. The molecule has 0 heterocycles. The minimum absolute atomic E-state index is 0.209. The Morgan fingerprint density at radius 2 is 1.31 bits per heavy atom. The minimum Gasteiger partial charge on any atom is -0.494 e. The van der Waals surface area contributed by atoms with Crippen molar-refractivity contribution in [3.8, 4) is 11.5 Å². The summed E-state index contributed by atoms with van der Waals surface area (Å²) in [5.41, 5.74) is 3.21. The number of rotatable bonds is 9. The molecule has 2 aromatic rings. The van der Waals surface area contributed by atoms with Crippen LogP contribution >= 0.6 is 0 Å². The van der Waals surface area contributed by atoms with Crippen molar-refractivity contribution in [3.05, 3.63) is 65.7 Å². The van der Waals surface area contributed by atoms with Crippen LogP contribution in [0.15, 0.2) is 54.6 Å². The van der Waals surface area contributed by atoms with Gasteiger partial charge in [0.25, 0.3) is 0 Å². The topological polar surface area (TPSA) is 44.8 Å². The van der Waals surface area contributed by atoms with Gasteiger partial charge in [0.15, 0.2) is 0 Å². The summed E-state index contributed by atoms with van der Waals surface area (Å²) < 4.78 is 15.8. The average Bonchev–Trinajstić information content (AvgIpc) is 2.67. The molecule has 0 unspecified atom stereocenters. The highest BCUT2D eigenvalue weighted by Crippen LogP contribution is 2.27. The van der Waals surface area contributed by atoms with Gasteiger partial charge in [0.1, 0.15) is 11.5 Å². The number of esters is 1. The van der Waals surface area contributed by atoms with E-state index >= 15 is 0 Å². The smallest absolute Gasteiger partial charge is 0.305 e. The maximum absolute atomic E-state index is 11.4. The number of benzene rings is 2. The van der Waals surface area contributed by atoms with E-state index in [2.05, 4.69) is 6.08 Å². The molecular formula is C22H26O4. The standard InChI is InChI=1S/C22H26O4/c1-4-25-19-13-9-17(10-14-19)21(7-6-8-22(23)24-3)18-11-15-20(16-12-18)26-5-2/h7,9-16H,4-6,8H2,1-3H3. The maximum Gasteiger partial charge on any atom is 0.305 e. The van der Waals surface area contributed by atoms with Gasteiger partial charge in [-0.15, -0.1) is 0 Å². The Balaban J connectivity index is 2.28. The molecule has 0 aliphatic heterocycles. The molecule has 0 aliphatic rings. The van der Waals surface area contributed by atoms with Crippen LogP contribution in [0.3, 0.4) is 0 Å². The second-order valence-corrected chi connectivity index (χ2v) is 5.65. The molecular weight excluding hydrogens is 328 g/mol. The summed E-state index contributed by atoms with van der Waals surface area (Å²) in [5, 5.41) is 0. The Kier molecular flexibility index (Phi) is 7.75. The summed E-state index contributed by atoms with van der Waals surface area (Å²) in [7, 11) is 1.41. The van der Waals surface area contributed by atoms with Gasteiger partial charge in [0.2, 0.25) is 0 Å². The largest absolute Gasteiger partial charge is 0.494 e. The molecule has 0 N–H and O–H groups in total. The predicted octanol–water partition coefficient (Wildman–Crippen LogP) is 4.87. The number of carbonyl (C=O) groups excluding carboxylic acids is 1. The molecule has 0 amide bonds. The Bertz CT molecular complexity index is 663. The number of hydrogen-bond donors (Lipinski definition) is 0. The third kappa shape index (κ3) is 5.66. The molecule has 0 bridgehead atoms. The number of ether oxygens (including phenoxy) is 3. The van der Waals surface area contributed by atoms with Crippen molar-refractivity contribution in [1.82, 2.24) is 0 Å². The molecule has 0 radical (unpaired) electrons. The first-order valence-electron chi connectivity index (χ1n) is 8.91. The van der Waals surface area contributed by atoms with Gasteiger partial charge >= 0.3 is 5.97 Å². The van der Waals surface area contributed by atoms with E-state index in [9.17, 15) is 4.79 Å². The molecule has 138 valence electrons. The molecule has 0 atom stereocenters. The fourth-order valence-electron chi connectivity index (χ4n) is 2.63. The van der Waals surface area contributed by atoms with Crippen molar-refractivity contribution in [2.75, 3.05) is 20.3 Å². The fraction of sp³-hybridized carbons (Fsp3) is 0.318. The Labute approximate surface area is 155 Å². The van der Waals surface area contributed by atoms with Gasteiger partial charge in [-0.1, -0.05) is 30.3 Å². The molecule has 2 aromatic carbocycles. The van der Waals surface area contributed by atoms with E-state index in [1.165, 1.54) is 7.11 Å². The second kappa shape index (κ2) is 10.3. The summed E-state index contributed by atoms with van der Waals surface area (Å²) >= 11 is 0. The van der Waals surface area contributed by atoms with E-state index < -0.39 is 0 Å². The molecule has 0 fully saturated rings. The SMILES string of the molecule is CCOc1ccc(C(=CCCC(=O)OC)c2ccc(OCC)cc2)cc1. The van der Waals surface area contributed by atoms with E-state index in [1.807, 2.05) is 62.4 Å². The van der Waals surface area contributed by atoms with Crippen LogP contribution in [0.2, 0.25) is 0 Å². The third-order valence-corrected chi connectivity index (χ3v) is 3.88. The van der Waals surface area contributed by atoms with E-state index in [0.29, 0.717) is 26.1 Å². The lowest BCUT2D eigenvalue weighted by molar-refractivity contribution is -0.140. The van der Waals surface area contributed by atoms with Crippen molar-refractivity contribution >= 4 is 11.5 Å². The van der Waals surface area contributed by atoms with Crippen molar-refractivity contribution in [2.24, 2.45) is 0 Å². The van der Waals surface area contributed by atoms with Crippen LogP contribution in [0.1, 0.15) is 37.8 Å². The van der Waals surface area contributed by atoms with Crippen LogP contribution in [0.25, 0.3) is 5.57 Å². The first kappa shape index (κ1) is 19.6. The molecule has 4 heteroatoms. The molecule has 0 aromatic heterocycles. The minimum atomic E-state index is -0.209. The summed E-state index contributed by atoms with van der Waals surface area (Å²) in [5.74, 6) is 1.48. The van der Waals surface area contributed by atoms with Gasteiger partial charge in [-0.3, -0.25) is 4.79 Å². The van der Waals surface area contributed by atoms with Gasteiger partial charge in [0.05, 0.1) is 20.3 Å². The van der Waals surface area contributed by atoms with Crippen LogP contribution in [-0.4, -0.2) is 26.3 Å². The van der Waals surface area contributed by atoms with E-state index in [0.717, 1.165) is 28.2 Å². The Hall–Kier alpha value is -2.75. The zero-order valence-electron chi connectivity index (χ0n) is 15.7. The van der Waals surface area contributed by atoms with Gasteiger partial charge in [-0.05, 0) is 61.2 Å². The van der Waals surface area contributed by atoms with Crippen LogP contribution in [-0.2, 0) is 9.53 Å². The number of allylic oxidation sites excluding steroid dienone is 1. The summed E-state index contributed by atoms with van der Waals surface area (Å²) in [4.78, 5) is 11.4. The molecule has 0 saturated carbocycles. The molecule has 0 saturated heterocycles. The normalized spacial score (nSPS) is 10.1. The first-order valence-corrected chi connectivity index (χ1v) is 8.91. The monoisotopic (exact) mass is 354 g/mol. The van der Waals surface area contributed by atoms with E-state index in [4.69, 9.17) is 14.2 Å². The zero-order valence-corrected chi connectivity index (χ0v) is 15.7. The zero-order chi connectivity index (χ0) is 18.8.